The van der Waals surface area contributed by atoms with Gasteiger partial charge in [-0.2, -0.15) is 15.1 Å². The van der Waals surface area contributed by atoms with E-state index in [0.717, 1.165) is 5.04 Å². The van der Waals surface area contributed by atoms with Gasteiger partial charge in [0.15, 0.2) is 28.8 Å². The molecule has 2 heterocycles. The van der Waals surface area contributed by atoms with Crippen LogP contribution in [-0.2, 0) is 4.79 Å². The van der Waals surface area contributed by atoms with E-state index in [1.54, 1.807) is 31.4 Å². The van der Waals surface area contributed by atoms with E-state index < -0.39 is 5.91 Å². The van der Waals surface area contributed by atoms with Crippen molar-refractivity contribution in [3.8, 4) is 23.0 Å². The molecule has 2 aliphatic rings. The van der Waals surface area contributed by atoms with E-state index in [4.69, 9.17) is 24.4 Å². The summed E-state index contributed by atoms with van der Waals surface area (Å²) in [5.41, 5.74) is 0.833. The third-order valence-corrected chi connectivity index (χ3v) is 6.02. The molecule has 0 spiro atoms. The first-order chi connectivity index (χ1) is 16.5. The average molecular weight is 481 g/mol. The Balaban J connectivity index is 1.44. The summed E-state index contributed by atoms with van der Waals surface area (Å²) < 4.78 is 22.3. The zero-order chi connectivity index (χ0) is 24.1. The molecule has 176 valence electrons. The molecule has 1 N–H and O–H groups in total. The summed E-state index contributed by atoms with van der Waals surface area (Å²) >= 11 is 1.31. The number of hydrogen-bond donors (Lipinski definition) is 1. The van der Waals surface area contributed by atoms with E-state index in [-0.39, 0.29) is 11.4 Å². The largest absolute Gasteiger partial charge is 0.493 e. The Kier molecular flexibility index (Phi) is 7.17. The molecule has 0 saturated carbocycles. The minimum absolute atomic E-state index is 0.00117. The first kappa shape index (κ1) is 23.4. The third kappa shape index (κ3) is 4.91. The van der Waals surface area contributed by atoms with Gasteiger partial charge in [0, 0.05) is 0 Å². The molecule has 0 radical (unpaired) electrons. The van der Waals surface area contributed by atoms with Crippen LogP contribution in [0.15, 0.2) is 58.1 Å². The molecular weight excluding hydrogens is 456 g/mol. The number of carbonyl (C=O) groups is 1. The van der Waals surface area contributed by atoms with Crippen LogP contribution in [0.25, 0.3) is 6.08 Å². The Morgan fingerprint density at radius 3 is 2.35 bits per heavy atom. The maximum Gasteiger partial charge on any atom is 0.283 e. The van der Waals surface area contributed by atoms with E-state index in [1.165, 1.54) is 23.9 Å². The van der Waals surface area contributed by atoms with Crippen molar-refractivity contribution in [2.45, 2.75) is 13.3 Å². The van der Waals surface area contributed by atoms with Crippen LogP contribution in [0.3, 0.4) is 0 Å². The van der Waals surface area contributed by atoms with Crippen LogP contribution in [0, 0.1) is 5.41 Å². The fraction of sp³-hybridized carbons (Fsp3) is 0.250. The molecule has 0 saturated heterocycles. The lowest BCUT2D eigenvalue weighted by atomic mass is 10.1. The predicted octanol–water partition coefficient (Wildman–Crippen LogP) is 4.19. The van der Waals surface area contributed by atoms with Gasteiger partial charge < -0.3 is 18.9 Å². The zero-order valence-electron chi connectivity index (χ0n) is 19.0. The number of thioether (sulfide) groups is 1. The Hall–Kier alpha value is -3.79. The smallest absolute Gasteiger partial charge is 0.283 e. The van der Waals surface area contributed by atoms with Crippen LogP contribution < -0.4 is 18.9 Å². The van der Waals surface area contributed by atoms with Crippen molar-refractivity contribution in [2.75, 3.05) is 27.4 Å². The molecular formula is C24H24N4O5S. The van der Waals surface area contributed by atoms with E-state index in [0.29, 0.717) is 53.4 Å². The normalized spacial score (nSPS) is 16.2. The van der Waals surface area contributed by atoms with Crippen molar-refractivity contribution >= 4 is 39.8 Å². The molecule has 0 unspecified atom stereocenters. The number of rotatable bonds is 9. The summed E-state index contributed by atoms with van der Waals surface area (Å²) in [4.78, 5) is 16.6. The van der Waals surface area contributed by atoms with Crippen LogP contribution in [0.1, 0.15) is 18.9 Å². The average Bonchev–Trinajstić information content (AvgIpc) is 3.28. The Morgan fingerprint density at radius 2 is 1.68 bits per heavy atom. The number of ether oxygens (including phenoxy) is 4. The van der Waals surface area contributed by atoms with Crippen LogP contribution in [0.5, 0.6) is 23.0 Å². The monoisotopic (exact) mass is 480 g/mol. The number of para-hydroxylation sites is 2. The van der Waals surface area contributed by atoms with Crippen molar-refractivity contribution in [1.82, 2.24) is 5.01 Å². The Labute approximate surface area is 201 Å². The number of nitrogens with zero attached hydrogens (tertiary/aromatic N) is 3. The minimum atomic E-state index is -0.468. The second kappa shape index (κ2) is 10.4. The number of methoxy groups -OCH3 is 2. The quantitative estimate of drug-likeness (QED) is 0.424. The van der Waals surface area contributed by atoms with Crippen LogP contribution >= 0.6 is 11.8 Å². The zero-order valence-corrected chi connectivity index (χ0v) is 19.8. The van der Waals surface area contributed by atoms with Gasteiger partial charge in [0.05, 0.1) is 19.8 Å². The number of amides is 1. The fourth-order valence-electron chi connectivity index (χ4n) is 3.28. The van der Waals surface area contributed by atoms with Gasteiger partial charge in [0.2, 0.25) is 5.17 Å². The highest BCUT2D eigenvalue weighted by Gasteiger charge is 2.35. The lowest BCUT2D eigenvalue weighted by Gasteiger charge is -2.20. The van der Waals surface area contributed by atoms with Gasteiger partial charge in [0.1, 0.15) is 18.3 Å². The second-order valence-corrected chi connectivity index (χ2v) is 8.17. The second-order valence-electron chi connectivity index (χ2n) is 7.13. The molecule has 0 bridgehead atoms. The number of benzene rings is 2. The summed E-state index contributed by atoms with van der Waals surface area (Å²) in [7, 11) is 3.13. The highest BCUT2D eigenvalue weighted by atomic mass is 32.2. The van der Waals surface area contributed by atoms with Crippen molar-refractivity contribution in [2.24, 2.45) is 10.1 Å². The third-order valence-electron chi connectivity index (χ3n) is 4.97. The number of carbonyl (C=O) groups excluding carboxylic acids is 1. The van der Waals surface area contributed by atoms with Gasteiger partial charge in [0.25, 0.3) is 5.91 Å². The topological polar surface area (TPSA) is 106 Å². The number of fused-ring (bicyclic) bond motifs is 1. The molecule has 4 rings (SSSR count). The van der Waals surface area contributed by atoms with Crippen LogP contribution in [0.4, 0.5) is 0 Å². The lowest BCUT2D eigenvalue weighted by molar-refractivity contribution is -0.114. The molecule has 2 aromatic rings. The van der Waals surface area contributed by atoms with Gasteiger partial charge >= 0.3 is 0 Å². The van der Waals surface area contributed by atoms with Crippen LogP contribution in [-0.4, -0.2) is 54.4 Å². The SMILES string of the molecule is CCC1=NN2C(=N)C(=Cc3ccc(OCCOc4ccccc4OC)c(OC)c3)C(=O)N=C2S1. The first-order valence-corrected chi connectivity index (χ1v) is 11.4. The van der Waals surface area contributed by atoms with E-state index >= 15 is 0 Å². The Morgan fingerprint density at radius 1 is 1.00 bits per heavy atom. The predicted molar refractivity (Wildman–Crippen MR) is 132 cm³/mol. The highest BCUT2D eigenvalue weighted by molar-refractivity contribution is 8.26. The number of hydrogen-bond acceptors (Lipinski definition) is 8. The standard InChI is InChI=1S/C24H24N4O5S/c1-4-21-27-28-22(25)16(23(29)26-24(28)34-21)13-15-9-10-19(20(14-15)31-3)33-12-11-32-18-8-6-5-7-17(18)30-2/h5-10,13-14,25H,4,11-12H2,1-3H3. The summed E-state index contributed by atoms with van der Waals surface area (Å²) in [6, 6.07) is 12.7. The van der Waals surface area contributed by atoms with Crippen molar-refractivity contribution in [3.63, 3.8) is 0 Å². The first-order valence-electron chi connectivity index (χ1n) is 10.6. The molecule has 1 amide bonds. The van der Waals surface area contributed by atoms with Crippen molar-refractivity contribution in [1.29, 1.82) is 5.41 Å². The van der Waals surface area contributed by atoms with Gasteiger partial charge in [-0.1, -0.05) is 25.1 Å². The maximum absolute atomic E-state index is 12.5. The summed E-state index contributed by atoms with van der Waals surface area (Å²) in [6.07, 6.45) is 2.31. The minimum Gasteiger partial charge on any atom is -0.493 e. The summed E-state index contributed by atoms with van der Waals surface area (Å²) in [5.74, 6) is 1.85. The number of hydrazone groups is 1. The highest BCUT2D eigenvalue weighted by Crippen LogP contribution is 2.32. The molecule has 0 fully saturated rings. The molecule has 0 aromatic heterocycles. The van der Waals surface area contributed by atoms with Gasteiger partial charge in [-0.05, 0) is 54.1 Å². The summed E-state index contributed by atoms with van der Waals surface area (Å²) in [5, 5.41) is 15.4. The number of nitrogens with one attached hydrogen (secondary N) is 1. The lowest BCUT2D eigenvalue weighted by Crippen LogP contribution is -2.35. The molecule has 2 aromatic carbocycles. The fourth-order valence-corrected chi connectivity index (χ4v) is 4.10. The molecule has 0 aliphatic carbocycles. The maximum atomic E-state index is 12.5. The molecule has 9 nitrogen and oxygen atoms in total. The Bertz CT molecular complexity index is 1210. The molecule has 2 aliphatic heterocycles. The van der Waals surface area contributed by atoms with E-state index in [9.17, 15) is 4.79 Å². The summed E-state index contributed by atoms with van der Waals surface area (Å²) in [6.45, 7) is 2.57. The van der Waals surface area contributed by atoms with Gasteiger partial charge in [-0.15, -0.1) is 0 Å². The molecule has 0 atom stereocenters. The van der Waals surface area contributed by atoms with Crippen LogP contribution in [0.2, 0.25) is 0 Å². The van der Waals surface area contributed by atoms with E-state index in [2.05, 4.69) is 10.1 Å². The molecule has 10 heteroatoms. The number of aliphatic imine (C=N–C) groups is 1. The van der Waals surface area contributed by atoms with Crippen molar-refractivity contribution < 1.29 is 23.7 Å². The van der Waals surface area contributed by atoms with Gasteiger partial charge in [-0.3, -0.25) is 10.2 Å². The van der Waals surface area contributed by atoms with Gasteiger partial charge in [-0.25, -0.2) is 0 Å². The van der Waals surface area contributed by atoms with Crippen molar-refractivity contribution in [3.05, 3.63) is 53.6 Å². The molecule has 34 heavy (non-hydrogen) atoms. The number of amidine groups is 2. The van der Waals surface area contributed by atoms with E-state index in [1.807, 2.05) is 31.2 Å².